The number of hydrogen-bond donors (Lipinski definition) is 0. The molecule has 0 amide bonds. The lowest BCUT2D eigenvalue weighted by atomic mass is 10.4. The Bertz CT molecular complexity index is 217. The van der Waals surface area contributed by atoms with Gasteiger partial charge in [0.2, 0.25) is 0 Å². The third-order valence-corrected chi connectivity index (χ3v) is 3.51. The Kier molecular flexibility index (Phi) is 4.16. The highest BCUT2D eigenvalue weighted by atomic mass is 127. The van der Waals surface area contributed by atoms with Gasteiger partial charge in [0.25, 0.3) is 0 Å². The van der Waals surface area contributed by atoms with Crippen molar-refractivity contribution >= 4 is 30.3 Å². The SMILES string of the molecule is C#CN(CC1COC(C)(C)O1)SI. The van der Waals surface area contributed by atoms with Crippen LogP contribution in [0.15, 0.2) is 0 Å². The highest BCUT2D eigenvalue weighted by molar-refractivity contribution is 14.2. The molecule has 0 N–H and O–H groups in total. The highest BCUT2D eigenvalue weighted by Crippen LogP contribution is 2.25. The van der Waals surface area contributed by atoms with E-state index in [-0.39, 0.29) is 6.10 Å². The largest absolute Gasteiger partial charge is 0.348 e. The fourth-order valence-corrected chi connectivity index (χ4v) is 2.22. The molecule has 1 saturated heterocycles. The maximum absolute atomic E-state index is 5.61. The molecule has 0 aromatic heterocycles. The molecule has 0 aliphatic carbocycles. The minimum absolute atomic E-state index is 0.0771. The zero-order chi connectivity index (χ0) is 9.90. The van der Waals surface area contributed by atoms with E-state index in [1.165, 1.54) is 9.12 Å². The van der Waals surface area contributed by atoms with Crippen LogP contribution in [0.2, 0.25) is 0 Å². The number of halogens is 1. The van der Waals surface area contributed by atoms with Gasteiger partial charge in [-0.1, -0.05) is 6.42 Å². The predicted octanol–water partition coefficient (Wildman–Crippen LogP) is 2.03. The number of nitrogens with zero attached hydrogens (tertiary/aromatic N) is 1. The Hall–Kier alpha value is 0.360. The smallest absolute Gasteiger partial charge is 0.163 e. The first-order valence-electron chi connectivity index (χ1n) is 3.91. The van der Waals surface area contributed by atoms with Gasteiger partial charge in [-0.3, -0.25) is 4.31 Å². The van der Waals surface area contributed by atoms with Crippen molar-refractivity contribution in [3.8, 4) is 12.5 Å². The summed E-state index contributed by atoms with van der Waals surface area (Å²) in [6.07, 6.45) is 5.36. The van der Waals surface area contributed by atoms with Gasteiger partial charge >= 0.3 is 0 Å². The molecular formula is C8H12INO2S. The third kappa shape index (κ3) is 3.54. The Morgan fingerprint density at radius 3 is 2.85 bits per heavy atom. The Morgan fingerprint density at radius 2 is 2.46 bits per heavy atom. The molecule has 1 rings (SSSR count). The molecule has 5 heteroatoms. The minimum Gasteiger partial charge on any atom is -0.348 e. The Balaban J connectivity index is 2.36. The minimum atomic E-state index is -0.457. The number of hydrogen-bond acceptors (Lipinski definition) is 4. The van der Waals surface area contributed by atoms with Crippen LogP contribution in [-0.4, -0.2) is 29.3 Å². The molecule has 0 bridgehead atoms. The van der Waals surface area contributed by atoms with Gasteiger partial charge in [-0.2, -0.15) is 0 Å². The van der Waals surface area contributed by atoms with Gasteiger partial charge in [-0.05, 0) is 13.8 Å². The van der Waals surface area contributed by atoms with Crippen LogP contribution < -0.4 is 0 Å². The van der Waals surface area contributed by atoms with E-state index in [4.69, 9.17) is 15.9 Å². The van der Waals surface area contributed by atoms with Crippen LogP contribution in [0.4, 0.5) is 0 Å². The number of rotatable bonds is 3. The molecule has 1 aliphatic heterocycles. The van der Waals surface area contributed by atoms with E-state index in [1.807, 2.05) is 13.8 Å². The lowest BCUT2D eigenvalue weighted by molar-refractivity contribution is -0.138. The van der Waals surface area contributed by atoms with Crippen molar-refractivity contribution in [1.82, 2.24) is 4.31 Å². The summed E-state index contributed by atoms with van der Waals surface area (Å²) in [7, 11) is 1.49. The standard InChI is InChI=1S/C8H12INO2S/c1-4-10(13-9)5-7-6-11-8(2,3)12-7/h1,7H,5-6H2,2-3H3. The summed E-state index contributed by atoms with van der Waals surface area (Å²) in [5.41, 5.74) is 0. The normalized spacial score (nSPS) is 25.5. The summed E-state index contributed by atoms with van der Waals surface area (Å²) in [5.74, 6) is -0.457. The molecular weight excluding hydrogens is 301 g/mol. The molecule has 0 radical (unpaired) electrons. The molecule has 0 aromatic carbocycles. The lowest BCUT2D eigenvalue weighted by Gasteiger charge is -2.19. The Morgan fingerprint density at radius 1 is 1.77 bits per heavy atom. The quantitative estimate of drug-likeness (QED) is 0.344. The van der Waals surface area contributed by atoms with E-state index in [2.05, 4.69) is 27.2 Å². The topological polar surface area (TPSA) is 21.7 Å². The van der Waals surface area contributed by atoms with Crippen molar-refractivity contribution in [2.75, 3.05) is 13.2 Å². The third-order valence-electron chi connectivity index (χ3n) is 1.66. The molecule has 0 spiro atoms. The van der Waals surface area contributed by atoms with E-state index in [0.29, 0.717) is 13.2 Å². The van der Waals surface area contributed by atoms with Gasteiger partial charge in [-0.25, -0.2) is 0 Å². The average Bonchev–Trinajstić information content (AvgIpc) is 2.41. The maximum Gasteiger partial charge on any atom is 0.163 e. The van der Waals surface area contributed by atoms with Gasteiger partial charge in [0.1, 0.15) is 6.10 Å². The van der Waals surface area contributed by atoms with E-state index in [9.17, 15) is 0 Å². The zero-order valence-corrected chi connectivity index (χ0v) is 10.6. The zero-order valence-electron chi connectivity index (χ0n) is 7.62. The molecule has 1 unspecified atom stereocenters. The molecule has 13 heavy (non-hydrogen) atoms. The van der Waals surface area contributed by atoms with Crippen LogP contribution in [0.3, 0.4) is 0 Å². The first-order chi connectivity index (χ1) is 6.07. The first-order valence-corrected chi connectivity index (χ1v) is 7.23. The molecule has 1 atom stereocenters. The first kappa shape index (κ1) is 11.4. The van der Waals surface area contributed by atoms with Gasteiger partial charge < -0.3 is 9.47 Å². The van der Waals surface area contributed by atoms with Crippen molar-refractivity contribution < 1.29 is 9.47 Å². The molecule has 0 saturated carbocycles. The van der Waals surface area contributed by atoms with Crippen molar-refractivity contribution in [1.29, 1.82) is 0 Å². The molecule has 3 nitrogen and oxygen atoms in total. The van der Waals surface area contributed by atoms with E-state index in [0.717, 1.165) is 0 Å². The summed E-state index contributed by atoms with van der Waals surface area (Å²) in [5, 5.41) is 0. The Labute approximate surface area is 95.2 Å². The van der Waals surface area contributed by atoms with Crippen LogP contribution in [0.5, 0.6) is 0 Å². The van der Waals surface area contributed by atoms with Gasteiger partial charge in [0, 0.05) is 36.4 Å². The summed E-state index contributed by atoms with van der Waals surface area (Å²) in [6.45, 7) is 5.13. The summed E-state index contributed by atoms with van der Waals surface area (Å²) in [6, 6.07) is 2.56. The highest BCUT2D eigenvalue weighted by Gasteiger charge is 2.33. The number of terminal acetylenes is 1. The van der Waals surface area contributed by atoms with Crippen molar-refractivity contribution in [2.45, 2.75) is 25.7 Å². The predicted molar refractivity (Wildman–Crippen MR) is 62.1 cm³/mol. The molecule has 1 aliphatic rings. The maximum atomic E-state index is 5.61. The van der Waals surface area contributed by atoms with Crippen molar-refractivity contribution in [3.63, 3.8) is 0 Å². The van der Waals surface area contributed by atoms with Gasteiger partial charge in [0.15, 0.2) is 5.79 Å². The van der Waals surface area contributed by atoms with Crippen molar-refractivity contribution in [3.05, 3.63) is 0 Å². The second kappa shape index (κ2) is 4.73. The second-order valence-electron chi connectivity index (χ2n) is 3.21. The van der Waals surface area contributed by atoms with Crippen LogP contribution in [0, 0.1) is 12.5 Å². The molecule has 1 fully saturated rings. The monoisotopic (exact) mass is 313 g/mol. The second-order valence-corrected chi connectivity index (χ2v) is 4.97. The van der Waals surface area contributed by atoms with Gasteiger partial charge in [-0.15, -0.1) is 0 Å². The molecule has 74 valence electrons. The van der Waals surface area contributed by atoms with E-state index in [1.54, 1.807) is 4.31 Å². The fraction of sp³-hybridized carbons (Fsp3) is 0.750. The van der Waals surface area contributed by atoms with E-state index >= 15 is 0 Å². The number of ether oxygens (including phenoxy) is 2. The van der Waals surface area contributed by atoms with Crippen molar-refractivity contribution in [2.24, 2.45) is 0 Å². The van der Waals surface area contributed by atoms with Crippen LogP contribution in [0.25, 0.3) is 0 Å². The summed E-state index contributed by atoms with van der Waals surface area (Å²) < 4.78 is 12.8. The molecule has 0 aromatic rings. The van der Waals surface area contributed by atoms with Crippen LogP contribution in [0.1, 0.15) is 13.8 Å². The fourth-order valence-electron chi connectivity index (χ4n) is 1.14. The molecule has 1 heterocycles. The summed E-state index contributed by atoms with van der Waals surface area (Å²) in [4.78, 5) is 0. The average molecular weight is 313 g/mol. The van der Waals surface area contributed by atoms with Crippen LogP contribution in [-0.2, 0) is 9.47 Å². The van der Waals surface area contributed by atoms with Crippen LogP contribution >= 0.6 is 30.3 Å². The lowest BCUT2D eigenvalue weighted by Crippen LogP contribution is -2.27. The van der Waals surface area contributed by atoms with E-state index < -0.39 is 5.79 Å². The summed E-state index contributed by atoms with van der Waals surface area (Å²) >= 11 is 2.15. The van der Waals surface area contributed by atoms with Gasteiger partial charge in [0.05, 0.1) is 13.2 Å².